The number of piperidine rings is 1. The van der Waals surface area contributed by atoms with Gasteiger partial charge in [-0.05, 0) is 48.0 Å². The maximum Gasteiger partial charge on any atom is 0.263 e. The molecular weight excluding hydrogens is 324 g/mol. The summed E-state index contributed by atoms with van der Waals surface area (Å²) in [4.78, 5) is 14.9. The summed E-state index contributed by atoms with van der Waals surface area (Å²) in [6.07, 6.45) is 2.10. The number of nitrogens with zero attached hydrogens (tertiary/aromatic N) is 1. The molecule has 2 rings (SSSR count). The molecule has 0 aliphatic carbocycles. The van der Waals surface area contributed by atoms with Crippen molar-refractivity contribution in [3.63, 3.8) is 0 Å². The van der Waals surface area contributed by atoms with Crippen LogP contribution in [0.25, 0.3) is 0 Å². The van der Waals surface area contributed by atoms with Gasteiger partial charge in [-0.3, -0.25) is 4.79 Å². The molecule has 3 nitrogen and oxygen atoms in total. The van der Waals surface area contributed by atoms with Crippen molar-refractivity contribution < 1.29 is 4.79 Å². The summed E-state index contributed by atoms with van der Waals surface area (Å²) in [5, 5.41) is 3.26. The van der Waals surface area contributed by atoms with Crippen molar-refractivity contribution in [2.24, 2.45) is 0 Å². The Morgan fingerprint density at radius 2 is 2.12 bits per heavy atom. The molecule has 0 saturated carbocycles. The highest BCUT2D eigenvalue weighted by molar-refractivity contribution is 9.11. The summed E-state index contributed by atoms with van der Waals surface area (Å²) in [7, 11) is 1.98. The van der Waals surface area contributed by atoms with Crippen LogP contribution in [0.3, 0.4) is 0 Å². The molecule has 0 atom stereocenters. The lowest BCUT2D eigenvalue weighted by atomic mass is 10.1. The number of carbonyl (C=O) groups excluding carboxylic acids is 1. The van der Waals surface area contributed by atoms with Crippen molar-refractivity contribution in [1.29, 1.82) is 0 Å². The Morgan fingerprint density at radius 1 is 1.47 bits per heavy atom. The number of hydrogen-bond acceptors (Lipinski definition) is 3. The predicted octanol–water partition coefficient (Wildman–Crippen LogP) is 2.76. The first-order chi connectivity index (χ1) is 7.70. The summed E-state index contributed by atoms with van der Waals surface area (Å²) in [6, 6.07) is 4.39. The first-order valence-corrected chi connectivity index (χ1v) is 7.03. The maximum atomic E-state index is 12.1. The normalized spacial score (nSPS) is 16.7. The molecule has 1 amide bonds. The van der Waals surface area contributed by atoms with Gasteiger partial charge in [-0.1, -0.05) is 0 Å². The third-order valence-electron chi connectivity index (χ3n) is 2.97. The van der Waals surface area contributed by atoms with Gasteiger partial charge in [-0.15, -0.1) is 23.7 Å². The lowest BCUT2D eigenvalue weighted by Gasteiger charge is -2.31. The van der Waals surface area contributed by atoms with E-state index in [4.69, 9.17) is 0 Å². The minimum atomic E-state index is 0. The highest BCUT2D eigenvalue weighted by Gasteiger charge is 2.23. The van der Waals surface area contributed by atoms with Crippen molar-refractivity contribution in [2.75, 3.05) is 20.1 Å². The van der Waals surface area contributed by atoms with Gasteiger partial charge in [-0.2, -0.15) is 0 Å². The molecule has 0 radical (unpaired) electrons. The lowest BCUT2D eigenvalue weighted by Crippen LogP contribution is -2.43. The molecule has 1 saturated heterocycles. The van der Waals surface area contributed by atoms with Gasteiger partial charge in [-0.25, -0.2) is 0 Å². The second-order valence-corrected chi connectivity index (χ2v) is 6.42. The number of nitrogens with one attached hydrogen (secondary N) is 1. The second-order valence-electron chi connectivity index (χ2n) is 3.96. The SMILES string of the molecule is CNC1CCN(C(=O)c2ccc(Br)s2)CC1.Cl. The zero-order chi connectivity index (χ0) is 11.5. The predicted molar refractivity (Wildman–Crippen MR) is 77.3 cm³/mol. The van der Waals surface area contributed by atoms with Gasteiger partial charge in [0.2, 0.25) is 0 Å². The van der Waals surface area contributed by atoms with E-state index in [9.17, 15) is 4.79 Å². The molecule has 6 heteroatoms. The van der Waals surface area contributed by atoms with Crippen LogP contribution in [0.2, 0.25) is 0 Å². The fourth-order valence-electron chi connectivity index (χ4n) is 1.96. The minimum Gasteiger partial charge on any atom is -0.338 e. The number of halogens is 2. The minimum absolute atomic E-state index is 0. The molecule has 0 aromatic carbocycles. The molecule has 1 aliphatic heterocycles. The molecule has 0 unspecified atom stereocenters. The summed E-state index contributed by atoms with van der Waals surface area (Å²) >= 11 is 4.89. The second kappa shape index (κ2) is 6.73. The molecule has 1 aromatic heterocycles. The van der Waals surface area contributed by atoms with Gasteiger partial charge < -0.3 is 10.2 Å². The van der Waals surface area contributed by atoms with Gasteiger partial charge in [0, 0.05) is 19.1 Å². The first kappa shape index (κ1) is 15.0. The number of rotatable bonds is 2. The van der Waals surface area contributed by atoms with E-state index in [2.05, 4.69) is 21.2 Å². The third kappa shape index (κ3) is 3.68. The van der Waals surface area contributed by atoms with E-state index in [1.807, 2.05) is 24.1 Å². The van der Waals surface area contributed by atoms with E-state index >= 15 is 0 Å². The van der Waals surface area contributed by atoms with Crippen LogP contribution in [0, 0.1) is 0 Å². The van der Waals surface area contributed by atoms with E-state index < -0.39 is 0 Å². The van der Waals surface area contributed by atoms with E-state index in [-0.39, 0.29) is 18.3 Å². The van der Waals surface area contributed by atoms with Crippen molar-refractivity contribution >= 4 is 45.6 Å². The average Bonchev–Trinajstić information content (AvgIpc) is 2.75. The van der Waals surface area contributed by atoms with Crippen LogP contribution < -0.4 is 5.32 Å². The van der Waals surface area contributed by atoms with Crippen molar-refractivity contribution in [1.82, 2.24) is 10.2 Å². The number of amides is 1. The standard InChI is InChI=1S/C11H15BrN2OS.ClH/c1-13-8-4-6-14(7-5-8)11(15)9-2-3-10(12)16-9;/h2-3,8,13H,4-7H2,1H3;1H. The molecule has 0 spiro atoms. The summed E-state index contributed by atoms with van der Waals surface area (Å²) in [6.45, 7) is 1.72. The zero-order valence-electron chi connectivity index (χ0n) is 9.61. The fraction of sp³-hybridized carbons (Fsp3) is 0.545. The molecular formula is C11H16BrClN2OS. The highest BCUT2D eigenvalue weighted by Crippen LogP contribution is 2.24. The first-order valence-electron chi connectivity index (χ1n) is 5.42. The molecule has 1 fully saturated rings. The number of thiophene rings is 1. The average molecular weight is 340 g/mol. The molecule has 1 aromatic rings. The van der Waals surface area contributed by atoms with Gasteiger partial charge >= 0.3 is 0 Å². The zero-order valence-corrected chi connectivity index (χ0v) is 12.8. The summed E-state index contributed by atoms with van der Waals surface area (Å²) < 4.78 is 1.01. The molecule has 2 heterocycles. The molecule has 1 N–H and O–H groups in total. The highest BCUT2D eigenvalue weighted by atomic mass is 79.9. The Morgan fingerprint density at radius 3 is 2.59 bits per heavy atom. The maximum absolute atomic E-state index is 12.1. The van der Waals surface area contributed by atoms with Gasteiger partial charge in [0.25, 0.3) is 5.91 Å². The van der Waals surface area contributed by atoms with Crippen LogP contribution in [0.4, 0.5) is 0 Å². The Bertz CT molecular complexity index is 377. The molecule has 96 valence electrons. The van der Waals surface area contributed by atoms with Gasteiger partial charge in [0.1, 0.15) is 0 Å². The number of carbonyl (C=O) groups is 1. The number of hydrogen-bond donors (Lipinski definition) is 1. The quantitative estimate of drug-likeness (QED) is 0.898. The van der Waals surface area contributed by atoms with Crippen LogP contribution in [0.5, 0.6) is 0 Å². The molecule has 1 aliphatic rings. The number of likely N-dealkylation sites (tertiary alicyclic amines) is 1. The Labute approximate surface area is 120 Å². The Balaban J connectivity index is 0.00000144. The monoisotopic (exact) mass is 338 g/mol. The summed E-state index contributed by atoms with van der Waals surface area (Å²) in [5.74, 6) is 0.172. The van der Waals surface area contributed by atoms with Crippen LogP contribution in [0.1, 0.15) is 22.5 Å². The Hall–Kier alpha value is -0.100. The van der Waals surface area contributed by atoms with E-state index in [0.29, 0.717) is 6.04 Å². The van der Waals surface area contributed by atoms with Crippen LogP contribution in [-0.4, -0.2) is 37.0 Å². The lowest BCUT2D eigenvalue weighted by molar-refractivity contribution is 0.0712. The Kier molecular flexibility index (Phi) is 5.92. The topological polar surface area (TPSA) is 32.3 Å². The third-order valence-corrected chi connectivity index (χ3v) is 4.59. The van der Waals surface area contributed by atoms with Crippen molar-refractivity contribution in [2.45, 2.75) is 18.9 Å². The van der Waals surface area contributed by atoms with E-state index in [0.717, 1.165) is 34.6 Å². The largest absolute Gasteiger partial charge is 0.338 e. The smallest absolute Gasteiger partial charge is 0.263 e. The van der Waals surface area contributed by atoms with E-state index in [1.54, 1.807) is 0 Å². The van der Waals surface area contributed by atoms with Gasteiger partial charge in [0.15, 0.2) is 0 Å². The van der Waals surface area contributed by atoms with Crippen molar-refractivity contribution in [3.8, 4) is 0 Å². The molecule has 17 heavy (non-hydrogen) atoms. The van der Waals surface area contributed by atoms with Crippen molar-refractivity contribution in [3.05, 3.63) is 20.8 Å². The van der Waals surface area contributed by atoms with Gasteiger partial charge in [0.05, 0.1) is 8.66 Å². The van der Waals surface area contributed by atoms with Crippen LogP contribution in [-0.2, 0) is 0 Å². The van der Waals surface area contributed by atoms with E-state index in [1.165, 1.54) is 11.3 Å². The molecule has 0 bridgehead atoms. The van der Waals surface area contributed by atoms with Crippen LogP contribution >= 0.6 is 39.7 Å². The van der Waals surface area contributed by atoms with Crippen LogP contribution in [0.15, 0.2) is 15.9 Å². The fourth-order valence-corrected chi connectivity index (χ4v) is 3.31. The summed E-state index contributed by atoms with van der Waals surface area (Å²) in [5.41, 5.74) is 0.